The molecule has 2 heterocycles. The smallest absolute Gasteiger partial charge is 0.338 e. The topological polar surface area (TPSA) is 91.1 Å². The van der Waals surface area contributed by atoms with Gasteiger partial charge >= 0.3 is 5.97 Å². The molecule has 170 valence electrons. The molecule has 2 bridgehead atoms. The largest absolute Gasteiger partial charge is 0.493 e. The van der Waals surface area contributed by atoms with Crippen LogP contribution in [-0.4, -0.2) is 54.7 Å². The number of nitro benzene ring substituents is 1. The summed E-state index contributed by atoms with van der Waals surface area (Å²) in [5.74, 6) is 1.21. The van der Waals surface area contributed by atoms with Crippen LogP contribution in [0.15, 0.2) is 48.6 Å². The molecule has 2 aliphatic carbocycles. The fourth-order valence-electron chi connectivity index (χ4n) is 6.38. The van der Waals surface area contributed by atoms with Gasteiger partial charge in [-0.1, -0.05) is 12.1 Å². The summed E-state index contributed by atoms with van der Waals surface area (Å²) in [6.45, 7) is 0.938. The summed E-state index contributed by atoms with van der Waals surface area (Å²) in [4.78, 5) is 25.8. The molecule has 0 N–H and O–H groups in total. The Morgan fingerprint density at radius 3 is 2.73 bits per heavy atom. The highest BCUT2D eigenvalue weighted by Crippen LogP contribution is 2.62. The van der Waals surface area contributed by atoms with Crippen LogP contribution in [0.3, 0.4) is 0 Å². The average molecular weight is 448 g/mol. The molecule has 0 aromatic heterocycles. The van der Waals surface area contributed by atoms with E-state index in [1.54, 1.807) is 7.11 Å². The van der Waals surface area contributed by atoms with Crippen molar-refractivity contribution in [2.24, 2.45) is 5.92 Å². The zero-order valence-electron chi connectivity index (χ0n) is 18.4. The Hall–Kier alpha value is -3.39. The van der Waals surface area contributed by atoms with Crippen molar-refractivity contribution in [2.45, 2.75) is 36.5 Å². The minimum atomic E-state index is -0.573. The number of nitro groups is 1. The lowest BCUT2D eigenvalue weighted by Crippen LogP contribution is -2.65. The number of likely N-dealkylation sites (N-methyl/N-ethyl adjacent to an activating group) is 1. The third-order valence-electron chi connectivity index (χ3n) is 7.89. The molecular formula is C25H24N2O6. The van der Waals surface area contributed by atoms with Crippen molar-refractivity contribution in [1.29, 1.82) is 0 Å². The van der Waals surface area contributed by atoms with Gasteiger partial charge in [-0.2, -0.15) is 0 Å². The Labute approximate surface area is 190 Å². The summed E-state index contributed by atoms with van der Waals surface area (Å²) in [7, 11) is 3.82. The van der Waals surface area contributed by atoms with Gasteiger partial charge in [0.05, 0.1) is 17.6 Å². The van der Waals surface area contributed by atoms with Crippen LogP contribution in [0, 0.1) is 16.0 Å². The highest BCUT2D eigenvalue weighted by molar-refractivity contribution is 5.90. The van der Waals surface area contributed by atoms with Gasteiger partial charge in [-0.15, -0.1) is 0 Å². The zero-order chi connectivity index (χ0) is 22.9. The van der Waals surface area contributed by atoms with Crippen LogP contribution in [0.25, 0.3) is 0 Å². The number of hydrogen-bond acceptors (Lipinski definition) is 7. The number of esters is 1. The van der Waals surface area contributed by atoms with Crippen molar-refractivity contribution >= 4 is 11.7 Å². The molecule has 1 fully saturated rings. The number of non-ortho nitro benzene ring substituents is 1. The molecule has 2 aliphatic heterocycles. The van der Waals surface area contributed by atoms with E-state index < -0.39 is 17.0 Å². The number of carbonyl (C=O) groups is 1. The molecule has 1 saturated heterocycles. The molecule has 0 saturated carbocycles. The number of ether oxygens (including phenoxy) is 3. The number of benzene rings is 2. The van der Waals surface area contributed by atoms with Gasteiger partial charge in [0.1, 0.15) is 6.10 Å². The van der Waals surface area contributed by atoms with Gasteiger partial charge in [-0.25, -0.2) is 4.79 Å². The average Bonchev–Trinajstić information content (AvgIpc) is 3.17. The molecule has 6 rings (SSSR count). The van der Waals surface area contributed by atoms with Crippen molar-refractivity contribution < 1.29 is 23.9 Å². The van der Waals surface area contributed by atoms with E-state index in [-0.39, 0.29) is 28.7 Å². The van der Waals surface area contributed by atoms with E-state index in [4.69, 9.17) is 14.2 Å². The SMILES string of the molecule is COc1ccc2c3c1O[C@H]1[C@H](OC(=O)c4ccc([N+](=O)[O-])cc4)C=CC4[C@@H](C2)N(C)CC[C@@]341. The van der Waals surface area contributed by atoms with E-state index in [0.29, 0.717) is 11.8 Å². The van der Waals surface area contributed by atoms with Crippen LogP contribution >= 0.6 is 0 Å². The number of rotatable bonds is 4. The highest BCUT2D eigenvalue weighted by atomic mass is 16.6. The van der Waals surface area contributed by atoms with Gasteiger partial charge in [0, 0.05) is 35.1 Å². The third kappa shape index (κ3) is 2.70. The molecule has 2 aromatic carbocycles. The Morgan fingerprint density at radius 2 is 2.00 bits per heavy atom. The summed E-state index contributed by atoms with van der Waals surface area (Å²) in [5.41, 5.74) is 2.41. The molecule has 1 spiro atoms. The predicted molar refractivity (Wildman–Crippen MR) is 119 cm³/mol. The van der Waals surface area contributed by atoms with Crippen molar-refractivity contribution in [3.05, 3.63) is 75.4 Å². The van der Waals surface area contributed by atoms with Gasteiger partial charge in [0.15, 0.2) is 17.6 Å². The molecule has 33 heavy (non-hydrogen) atoms. The molecule has 8 nitrogen and oxygen atoms in total. The summed E-state index contributed by atoms with van der Waals surface area (Å²) in [5, 5.41) is 10.9. The van der Waals surface area contributed by atoms with E-state index >= 15 is 0 Å². The minimum Gasteiger partial charge on any atom is -0.493 e. The summed E-state index contributed by atoms with van der Waals surface area (Å²) >= 11 is 0. The summed E-state index contributed by atoms with van der Waals surface area (Å²) in [6.07, 6.45) is 5.08. The van der Waals surface area contributed by atoms with E-state index in [1.807, 2.05) is 12.1 Å². The second-order valence-corrected chi connectivity index (χ2v) is 9.30. The van der Waals surface area contributed by atoms with Crippen LogP contribution < -0.4 is 9.47 Å². The first-order valence-corrected chi connectivity index (χ1v) is 11.1. The first-order valence-electron chi connectivity index (χ1n) is 11.1. The van der Waals surface area contributed by atoms with Crippen molar-refractivity contribution in [3.8, 4) is 11.5 Å². The Kier molecular flexibility index (Phi) is 4.32. The van der Waals surface area contributed by atoms with Crippen LogP contribution in [0.2, 0.25) is 0 Å². The second kappa shape index (κ2) is 7.05. The molecular weight excluding hydrogens is 424 g/mol. The summed E-state index contributed by atoms with van der Waals surface area (Å²) in [6, 6.07) is 9.93. The zero-order valence-corrected chi connectivity index (χ0v) is 18.4. The Bertz CT molecular complexity index is 1190. The molecule has 5 atom stereocenters. The standard InChI is InChI=1S/C25H24N2O6/c1-26-12-11-25-17-8-10-20(32-24(28)14-3-6-16(7-4-14)27(29)30)23(25)33-22-19(31-2)9-5-15(21(22)25)13-18(17)26/h3-10,17-18,20,23H,11-13H2,1-2H3/t17?,18-,20-,23+,25+/m1/s1. The molecule has 2 aromatic rings. The third-order valence-corrected chi connectivity index (χ3v) is 7.89. The Balaban J connectivity index is 1.38. The molecule has 8 heteroatoms. The minimum absolute atomic E-state index is 0.0698. The van der Waals surface area contributed by atoms with Crippen LogP contribution in [0.5, 0.6) is 11.5 Å². The molecule has 4 aliphatic rings. The normalized spacial score (nSPS) is 30.8. The second-order valence-electron chi connectivity index (χ2n) is 9.30. The lowest BCUT2D eigenvalue weighted by Gasteiger charge is -2.56. The van der Waals surface area contributed by atoms with Crippen LogP contribution in [0.1, 0.15) is 27.9 Å². The quantitative estimate of drug-likeness (QED) is 0.307. The maximum atomic E-state index is 12.9. The van der Waals surface area contributed by atoms with Gasteiger partial charge in [0.2, 0.25) is 0 Å². The predicted octanol–water partition coefficient (Wildman–Crippen LogP) is 3.27. The van der Waals surface area contributed by atoms with E-state index in [0.717, 1.165) is 25.1 Å². The van der Waals surface area contributed by atoms with Crippen molar-refractivity contribution in [1.82, 2.24) is 4.90 Å². The van der Waals surface area contributed by atoms with Gasteiger partial charge < -0.3 is 19.1 Å². The number of methoxy groups -OCH3 is 1. The van der Waals surface area contributed by atoms with Gasteiger partial charge in [-0.05, 0) is 56.3 Å². The first kappa shape index (κ1) is 20.2. The lowest BCUT2D eigenvalue weighted by molar-refractivity contribution is -0.384. The number of carbonyl (C=O) groups excluding carboxylic acids is 1. The number of nitrogens with zero attached hydrogens (tertiary/aromatic N) is 2. The fraction of sp³-hybridized carbons (Fsp3) is 0.400. The van der Waals surface area contributed by atoms with Crippen LogP contribution in [0.4, 0.5) is 5.69 Å². The number of piperidine rings is 1. The van der Waals surface area contributed by atoms with E-state index in [1.165, 1.54) is 35.4 Å². The molecule has 1 unspecified atom stereocenters. The van der Waals surface area contributed by atoms with Gasteiger partial charge in [0.25, 0.3) is 5.69 Å². The van der Waals surface area contributed by atoms with Gasteiger partial charge in [-0.3, -0.25) is 10.1 Å². The maximum Gasteiger partial charge on any atom is 0.338 e. The summed E-state index contributed by atoms with van der Waals surface area (Å²) < 4.78 is 18.2. The fourth-order valence-corrected chi connectivity index (χ4v) is 6.38. The first-order chi connectivity index (χ1) is 15.9. The van der Waals surface area contributed by atoms with Crippen molar-refractivity contribution in [2.75, 3.05) is 20.7 Å². The number of likely N-dealkylation sites (tertiary alicyclic amines) is 1. The van der Waals surface area contributed by atoms with Crippen molar-refractivity contribution in [3.63, 3.8) is 0 Å². The maximum absolute atomic E-state index is 12.9. The monoisotopic (exact) mass is 448 g/mol. The van der Waals surface area contributed by atoms with E-state index in [2.05, 4.69) is 24.1 Å². The van der Waals surface area contributed by atoms with E-state index in [9.17, 15) is 14.9 Å². The lowest BCUT2D eigenvalue weighted by atomic mass is 9.53. The van der Waals surface area contributed by atoms with Crippen LogP contribution in [-0.2, 0) is 16.6 Å². The Morgan fingerprint density at radius 1 is 1.21 bits per heavy atom. The number of hydrogen-bond donors (Lipinski definition) is 0. The highest BCUT2D eigenvalue weighted by Gasteiger charge is 2.65. The molecule has 0 radical (unpaired) electrons. The molecule has 0 amide bonds.